The lowest BCUT2D eigenvalue weighted by Gasteiger charge is -2.05. The van der Waals surface area contributed by atoms with Gasteiger partial charge in [-0.05, 0) is 12.1 Å². The number of aromatic nitrogens is 1. The second kappa shape index (κ2) is 3.12. The molecule has 0 bridgehead atoms. The number of benzene rings is 1. The summed E-state index contributed by atoms with van der Waals surface area (Å²) in [5, 5.41) is 1.11. The predicted octanol–water partition coefficient (Wildman–Crippen LogP) is 2.18. The van der Waals surface area contributed by atoms with Crippen LogP contribution in [0.3, 0.4) is 0 Å². The molecule has 0 spiro atoms. The maximum atomic E-state index is 5.44. The Morgan fingerprint density at radius 1 is 1.40 bits per heavy atom. The van der Waals surface area contributed by atoms with E-state index in [-0.39, 0.29) is 0 Å². The van der Waals surface area contributed by atoms with Crippen LogP contribution in [0.2, 0.25) is 0 Å². The summed E-state index contributed by atoms with van der Waals surface area (Å²) in [5.74, 6) is 1.55. The average molecular weight is 201 g/mol. The molecule has 1 aliphatic heterocycles. The number of rotatable bonds is 1. The van der Waals surface area contributed by atoms with Crippen molar-refractivity contribution in [3.05, 3.63) is 29.8 Å². The monoisotopic (exact) mass is 201 g/mol. The zero-order valence-electron chi connectivity index (χ0n) is 8.49. The second-order valence-corrected chi connectivity index (χ2v) is 3.58. The van der Waals surface area contributed by atoms with Crippen LogP contribution in [-0.2, 0) is 6.42 Å². The highest BCUT2D eigenvalue weighted by Gasteiger charge is 2.15. The van der Waals surface area contributed by atoms with Gasteiger partial charge in [0.1, 0.15) is 11.3 Å². The molecule has 0 saturated carbocycles. The van der Waals surface area contributed by atoms with Gasteiger partial charge in [0.05, 0.1) is 13.7 Å². The fourth-order valence-corrected chi connectivity index (χ4v) is 1.92. The summed E-state index contributed by atoms with van der Waals surface area (Å²) in [6, 6.07) is 8.07. The molecular weight excluding hydrogens is 190 g/mol. The summed E-state index contributed by atoms with van der Waals surface area (Å²) in [7, 11) is 1.66. The minimum absolute atomic E-state index is 0.737. The lowest BCUT2D eigenvalue weighted by molar-refractivity contribution is 0.345. The molecule has 2 heterocycles. The SMILES string of the molecule is COc1cccc2cc3c(nc12)OCC3. The van der Waals surface area contributed by atoms with E-state index in [0.717, 1.165) is 35.6 Å². The first-order valence-corrected chi connectivity index (χ1v) is 4.98. The Bertz CT molecular complexity index is 522. The lowest BCUT2D eigenvalue weighted by atomic mass is 10.1. The summed E-state index contributed by atoms with van der Waals surface area (Å²) >= 11 is 0. The van der Waals surface area contributed by atoms with Crippen molar-refractivity contribution in [3.8, 4) is 11.6 Å². The molecule has 0 amide bonds. The molecule has 0 N–H and O–H groups in total. The number of pyridine rings is 1. The van der Waals surface area contributed by atoms with Gasteiger partial charge in [-0.25, -0.2) is 4.98 Å². The minimum Gasteiger partial charge on any atom is -0.494 e. The molecule has 1 aliphatic rings. The molecule has 0 aliphatic carbocycles. The number of hydrogen-bond donors (Lipinski definition) is 0. The first-order valence-electron chi connectivity index (χ1n) is 4.98. The smallest absolute Gasteiger partial charge is 0.217 e. The van der Waals surface area contributed by atoms with E-state index in [0.29, 0.717) is 0 Å². The molecule has 2 aromatic rings. The normalized spacial score (nSPS) is 13.7. The zero-order valence-corrected chi connectivity index (χ0v) is 8.49. The van der Waals surface area contributed by atoms with Gasteiger partial charge in [-0.3, -0.25) is 0 Å². The van der Waals surface area contributed by atoms with Crippen LogP contribution in [0.5, 0.6) is 11.6 Å². The summed E-state index contributed by atoms with van der Waals surface area (Å²) in [6.45, 7) is 0.737. The van der Waals surface area contributed by atoms with Crippen molar-refractivity contribution in [3.63, 3.8) is 0 Å². The Hall–Kier alpha value is -1.77. The van der Waals surface area contributed by atoms with Gasteiger partial charge >= 0.3 is 0 Å². The quantitative estimate of drug-likeness (QED) is 0.708. The Morgan fingerprint density at radius 2 is 2.33 bits per heavy atom. The maximum absolute atomic E-state index is 5.44. The van der Waals surface area contributed by atoms with E-state index < -0.39 is 0 Å². The topological polar surface area (TPSA) is 31.4 Å². The van der Waals surface area contributed by atoms with E-state index in [2.05, 4.69) is 11.1 Å². The molecule has 0 saturated heterocycles. The van der Waals surface area contributed by atoms with Crippen LogP contribution in [0.25, 0.3) is 10.9 Å². The third kappa shape index (κ3) is 1.23. The predicted molar refractivity (Wildman–Crippen MR) is 57.5 cm³/mol. The van der Waals surface area contributed by atoms with Crippen molar-refractivity contribution in [1.82, 2.24) is 4.98 Å². The minimum atomic E-state index is 0.737. The van der Waals surface area contributed by atoms with Crippen LogP contribution in [0, 0.1) is 0 Å². The standard InChI is InChI=1S/C12H11NO2/c1-14-10-4-2-3-8-7-9-5-6-15-12(9)13-11(8)10/h2-4,7H,5-6H2,1H3. The molecule has 1 aromatic carbocycles. The Kier molecular flexibility index (Phi) is 1.78. The highest BCUT2D eigenvalue weighted by atomic mass is 16.5. The molecule has 3 nitrogen and oxygen atoms in total. The zero-order chi connectivity index (χ0) is 10.3. The van der Waals surface area contributed by atoms with Gasteiger partial charge in [0, 0.05) is 17.4 Å². The maximum Gasteiger partial charge on any atom is 0.217 e. The number of fused-ring (bicyclic) bond motifs is 2. The summed E-state index contributed by atoms with van der Waals surface area (Å²) < 4.78 is 10.7. The van der Waals surface area contributed by atoms with Crippen LogP contribution < -0.4 is 9.47 Å². The molecule has 0 radical (unpaired) electrons. The average Bonchev–Trinajstić information content (AvgIpc) is 2.72. The van der Waals surface area contributed by atoms with Gasteiger partial charge in [-0.15, -0.1) is 0 Å². The Labute approximate surface area is 87.6 Å². The molecule has 0 unspecified atom stereocenters. The molecular formula is C12H11NO2. The van der Waals surface area contributed by atoms with Gasteiger partial charge in [0.2, 0.25) is 5.88 Å². The van der Waals surface area contributed by atoms with Crippen molar-refractivity contribution < 1.29 is 9.47 Å². The van der Waals surface area contributed by atoms with Crippen molar-refractivity contribution in [2.75, 3.05) is 13.7 Å². The lowest BCUT2D eigenvalue weighted by Crippen LogP contribution is -1.91. The van der Waals surface area contributed by atoms with Crippen molar-refractivity contribution >= 4 is 10.9 Å². The van der Waals surface area contributed by atoms with Crippen molar-refractivity contribution in [2.24, 2.45) is 0 Å². The number of para-hydroxylation sites is 1. The molecule has 0 fully saturated rings. The first kappa shape index (κ1) is 8.53. The molecule has 3 heteroatoms. The fourth-order valence-electron chi connectivity index (χ4n) is 1.92. The molecule has 76 valence electrons. The molecule has 3 rings (SSSR count). The summed E-state index contributed by atoms with van der Waals surface area (Å²) in [5.41, 5.74) is 2.07. The largest absolute Gasteiger partial charge is 0.494 e. The summed E-state index contributed by atoms with van der Waals surface area (Å²) in [6.07, 6.45) is 0.954. The van der Waals surface area contributed by atoms with E-state index in [1.54, 1.807) is 7.11 Å². The van der Waals surface area contributed by atoms with Crippen LogP contribution in [0.1, 0.15) is 5.56 Å². The summed E-state index contributed by atoms with van der Waals surface area (Å²) in [4.78, 5) is 4.48. The number of methoxy groups -OCH3 is 1. The number of ether oxygens (including phenoxy) is 2. The van der Waals surface area contributed by atoms with Crippen LogP contribution in [0.4, 0.5) is 0 Å². The second-order valence-electron chi connectivity index (χ2n) is 3.58. The van der Waals surface area contributed by atoms with Crippen LogP contribution in [-0.4, -0.2) is 18.7 Å². The van der Waals surface area contributed by atoms with Crippen molar-refractivity contribution in [1.29, 1.82) is 0 Å². The highest BCUT2D eigenvalue weighted by Crippen LogP contribution is 2.31. The molecule has 1 aromatic heterocycles. The number of nitrogens with zero attached hydrogens (tertiary/aromatic N) is 1. The van der Waals surface area contributed by atoms with Crippen molar-refractivity contribution in [2.45, 2.75) is 6.42 Å². The van der Waals surface area contributed by atoms with E-state index in [4.69, 9.17) is 9.47 Å². The van der Waals surface area contributed by atoms with E-state index in [1.807, 2.05) is 18.2 Å². The van der Waals surface area contributed by atoms with Gasteiger partial charge in [0.15, 0.2) is 0 Å². The van der Waals surface area contributed by atoms with Crippen LogP contribution in [0.15, 0.2) is 24.3 Å². The van der Waals surface area contributed by atoms with Gasteiger partial charge in [-0.2, -0.15) is 0 Å². The highest BCUT2D eigenvalue weighted by molar-refractivity contribution is 5.85. The first-order chi connectivity index (χ1) is 7.38. The molecule has 15 heavy (non-hydrogen) atoms. The molecule has 0 atom stereocenters. The van der Waals surface area contributed by atoms with E-state index in [9.17, 15) is 0 Å². The third-order valence-corrected chi connectivity index (χ3v) is 2.68. The van der Waals surface area contributed by atoms with E-state index in [1.165, 1.54) is 5.56 Å². The third-order valence-electron chi connectivity index (χ3n) is 2.68. The Balaban J connectivity index is 2.33. The van der Waals surface area contributed by atoms with Gasteiger partial charge in [0.25, 0.3) is 0 Å². The Morgan fingerprint density at radius 3 is 3.20 bits per heavy atom. The van der Waals surface area contributed by atoms with E-state index >= 15 is 0 Å². The number of hydrogen-bond acceptors (Lipinski definition) is 3. The van der Waals surface area contributed by atoms with Gasteiger partial charge < -0.3 is 9.47 Å². The van der Waals surface area contributed by atoms with Gasteiger partial charge in [-0.1, -0.05) is 12.1 Å². The van der Waals surface area contributed by atoms with Crippen LogP contribution >= 0.6 is 0 Å². The fraction of sp³-hybridized carbons (Fsp3) is 0.250.